The number of aromatic amines is 1. The first-order valence-corrected chi connectivity index (χ1v) is 6.76. The van der Waals surface area contributed by atoms with Crippen LogP contribution in [0, 0.1) is 0 Å². The number of nitrogens with one attached hydrogen (secondary N) is 1. The Morgan fingerprint density at radius 1 is 1.56 bits per heavy atom. The second-order valence-electron chi connectivity index (χ2n) is 3.11. The van der Waals surface area contributed by atoms with E-state index >= 15 is 0 Å². The molecule has 1 N–H and O–H groups in total. The molecule has 0 bridgehead atoms. The molecule has 0 amide bonds. The third-order valence-electron chi connectivity index (χ3n) is 1.95. The fourth-order valence-corrected chi connectivity index (χ4v) is 2.73. The van der Waals surface area contributed by atoms with Crippen molar-refractivity contribution in [3.8, 4) is 0 Å². The van der Waals surface area contributed by atoms with E-state index in [4.69, 9.17) is 0 Å². The molecule has 0 aliphatic heterocycles. The average molecular weight is 253 g/mol. The van der Waals surface area contributed by atoms with Crippen LogP contribution in [0.5, 0.6) is 0 Å². The summed E-state index contributed by atoms with van der Waals surface area (Å²) in [7, 11) is 0. The van der Waals surface area contributed by atoms with Gasteiger partial charge in [0.1, 0.15) is 5.01 Å². The molecule has 2 heterocycles. The largest absolute Gasteiger partial charge is 0.301 e. The minimum absolute atomic E-state index is 0.0894. The Morgan fingerprint density at radius 2 is 2.44 bits per heavy atom. The van der Waals surface area contributed by atoms with Crippen molar-refractivity contribution in [3.63, 3.8) is 0 Å². The van der Waals surface area contributed by atoms with E-state index in [0.717, 1.165) is 22.9 Å². The fraction of sp³-hybridized carbons (Fsp3) is 0.300. The number of thioether (sulfide) groups is 1. The molecule has 2 aromatic heterocycles. The van der Waals surface area contributed by atoms with Gasteiger partial charge in [-0.2, -0.15) is 0 Å². The van der Waals surface area contributed by atoms with Gasteiger partial charge in [-0.05, 0) is 6.42 Å². The van der Waals surface area contributed by atoms with Crippen molar-refractivity contribution in [2.24, 2.45) is 0 Å². The Kier molecular flexibility index (Phi) is 3.74. The lowest BCUT2D eigenvalue weighted by Gasteiger charge is -2.00. The SMILES string of the molecule is CCc1cc(=O)[nH]c(SCc2nccs2)n1. The summed E-state index contributed by atoms with van der Waals surface area (Å²) >= 11 is 3.11. The van der Waals surface area contributed by atoms with Crippen molar-refractivity contribution < 1.29 is 0 Å². The zero-order valence-corrected chi connectivity index (χ0v) is 10.4. The topological polar surface area (TPSA) is 58.6 Å². The van der Waals surface area contributed by atoms with E-state index in [0.29, 0.717) is 5.16 Å². The predicted octanol–water partition coefficient (Wildman–Crippen LogP) is 2.08. The fourth-order valence-electron chi connectivity index (χ4n) is 1.19. The highest BCUT2D eigenvalue weighted by molar-refractivity contribution is 7.98. The molecule has 0 radical (unpaired) electrons. The van der Waals surface area contributed by atoms with Crippen LogP contribution in [-0.2, 0) is 12.2 Å². The first kappa shape index (κ1) is 11.3. The van der Waals surface area contributed by atoms with Gasteiger partial charge < -0.3 is 4.98 Å². The highest BCUT2D eigenvalue weighted by Gasteiger charge is 2.02. The van der Waals surface area contributed by atoms with Crippen LogP contribution in [0.3, 0.4) is 0 Å². The van der Waals surface area contributed by atoms with Gasteiger partial charge in [0, 0.05) is 23.3 Å². The molecule has 84 valence electrons. The summed E-state index contributed by atoms with van der Waals surface area (Å²) in [6.45, 7) is 1.98. The van der Waals surface area contributed by atoms with Crippen molar-refractivity contribution in [1.29, 1.82) is 0 Å². The lowest BCUT2D eigenvalue weighted by atomic mass is 10.3. The van der Waals surface area contributed by atoms with E-state index < -0.39 is 0 Å². The van der Waals surface area contributed by atoms with E-state index in [1.165, 1.54) is 17.8 Å². The van der Waals surface area contributed by atoms with E-state index in [1.807, 2.05) is 12.3 Å². The van der Waals surface area contributed by atoms with Crippen molar-refractivity contribution in [2.45, 2.75) is 24.3 Å². The van der Waals surface area contributed by atoms with Gasteiger partial charge in [-0.15, -0.1) is 11.3 Å². The Bertz CT molecular complexity index is 507. The molecule has 4 nitrogen and oxygen atoms in total. The maximum absolute atomic E-state index is 11.3. The van der Waals surface area contributed by atoms with E-state index in [2.05, 4.69) is 15.0 Å². The van der Waals surface area contributed by atoms with Crippen LogP contribution in [0.2, 0.25) is 0 Å². The highest BCUT2D eigenvalue weighted by Crippen LogP contribution is 2.19. The van der Waals surface area contributed by atoms with Gasteiger partial charge in [-0.1, -0.05) is 18.7 Å². The second-order valence-corrected chi connectivity index (χ2v) is 5.05. The quantitative estimate of drug-likeness (QED) is 0.669. The number of aryl methyl sites for hydroxylation is 1. The summed E-state index contributed by atoms with van der Waals surface area (Å²) in [5.74, 6) is 0.744. The molecule has 0 aliphatic rings. The van der Waals surface area contributed by atoms with Gasteiger partial charge in [0.05, 0.1) is 5.75 Å². The van der Waals surface area contributed by atoms with Crippen LogP contribution in [0.1, 0.15) is 17.6 Å². The van der Waals surface area contributed by atoms with Gasteiger partial charge in [-0.3, -0.25) is 4.79 Å². The predicted molar refractivity (Wildman–Crippen MR) is 65.9 cm³/mol. The number of thiazole rings is 1. The maximum Gasteiger partial charge on any atom is 0.251 e. The molecule has 0 aliphatic carbocycles. The van der Waals surface area contributed by atoms with Crippen LogP contribution in [0.25, 0.3) is 0 Å². The third-order valence-corrected chi connectivity index (χ3v) is 3.80. The number of nitrogens with zero attached hydrogens (tertiary/aromatic N) is 2. The average Bonchev–Trinajstić information content (AvgIpc) is 2.78. The minimum atomic E-state index is -0.0894. The Morgan fingerprint density at radius 3 is 3.12 bits per heavy atom. The van der Waals surface area contributed by atoms with E-state index in [1.54, 1.807) is 17.5 Å². The molecule has 0 fully saturated rings. The van der Waals surface area contributed by atoms with Gasteiger partial charge >= 0.3 is 0 Å². The number of H-pyrrole nitrogens is 1. The number of hydrogen-bond acceptors (Lipinski definition) is 5. The monoisotopic (exact) mass is 253 g/mol. The summed E-state index contributed by atoms with van der Waals surface area (Å²) in [6, 6.07) is 1.54. The van der Waals surface area contributed by atoms with Crippen molar-refractivity contribution in [3.05, 3.63) is 38.7 Å². The highest BCUT2D eigenvalue weighted by atomic mass is 32.2. The molecule has 16 heavy (non-hydrogen) atoms. The smallest absolute Gasteiger partial charge is 0.251 e. The van der Waals surface area contributed by atoms with Gasteiger partial charge in [0.2, 0.25) is 0 Å². The lowest BCUT2D eigenvalue weighted by Crippen LogP contribution is -2.09. The number of hydrogen-bond donors (Lipinski definition) is 1. The Balaban J connectivity index is 2.09. The van der Waals surface area contributed by atoms with E-state index in [-0.39, 0.29) is 5.56 Å². The number of aromatic nitrogens is 3. The molecule has 0 spiro atoms. The first-order valence-electron chi connectivity index (χ1n) is 4.89. The molecule has 0 aromatic carbocycles. The molecule has 6 heteroatoms. The van der Waals surface area contributed by atoms with Crippen molar-refractivity contribution in [1.82, 2.24) is 15.0 Å². The Labute approximate surface area is 101 Å². The summed E-state index contributed by atoms with van der Waals surface area (Å²) < 4.78 is 0. The van der Waals surface area contributed by atoms with E-state index in [9.17, 15) is 4.79 Å². The van der Waals surface area contributed by atoms with Crippen molar-refractivity contribution in [2.75, 3.05) is 0 Å². The van der Waals surface area contributed by atoms with Gasteiger partial charge in [-0.25, -0.2) is 9.97 Å². The van der Waals surface area contributed by atoms with Crippen LogP contribution in [0.4, 0.5) is 0 Å². The molecule has 0 atom stereocenters. The van der Waals surface area contributed by atoms with Crippen molar-refractivity contribution >= 4 is 23.1 Å². The summed E-state index contributed by atoms with van der Waals surface area (Å²) in [5, 5.41) is 3.64. The number of rotatable bonds is 4. The van der Waals surface area contributed by atoms with Crippen LogP contribution < -0.4 is 5.56 Å². The molecule has 0 unspecified atom stereocenters. The zero-order chi connectivity index (χ0) is 11.4. The normalized spacial score (nSPS) is 10.6. The third kappa shape index (κ3) is 2.93. The molecule has 2 rings (SSSR count). The first-order chi connectivity index (χ1) is 7.78. The minimum Gasteiger partial charge on any atom is -0.301 e. The van der Waals surface area contributed by atoms with Crippen LogP contribution >= 0.6 is 23.1 Å². The molecule has 0 saturated heterocycles. The molecular weight excluding hydrogens is 242 g/mol. The zero-order valence-electron chi connectivity index (χ0n) is 8.77. The second kappa shape index (κ2) is 5.27. The summed E-state index contributed by atoms with van der Waals surface area (Å²) in [4.78, 5) is 22.5. The van der Waals surface area contributed by atoms with Crippen LogP contribution in [0.15, 0.2) is 27.6 Å². The summed E-state index contributed by atoms with van der Waals surface area (Å²) in [5.41, 5.74) is 0.735. The molecular formula is C10H11N3OS2. The molecule has 2 aromatic rings. The molecule has 0 saturated carbocycles. The maximum atomic E-state index is 11.3. The standard InChI is InChI=1S/C10H11N3OS2/c1-2-7-5-8(14)13-10(12-7)16-6-9-11-3-4-15-9/h3-5H,2,6H2,1H3,(H,12,13,14). The van der Waals surface area contributed by atoms with Gasteiger partial charge in [0.15, 0.2) is 5.16 Å². The van der Waals surface area contributed by atoms with Gasteiger partial charge in [0.25, 0.3) is 5.56 Å². The summed E-state index contributed by atoms with van der Waals surface area (Å²) in [6.07, 6.45) is 2.55. The lowest BCUT2D eigenvalue weighted by molar-refractivity contribution is 0.868. The van der Waals surface area contributed by atoms with Crippen LogP contribution in [-0.4, -0.2) is 15.0 Å². The Hall–Kier alpha value is -1.14.